The normalized spacial score (nSPS) is 10.1. The van der Waals surface area contributed by atoms with E-state index in [2.05, 4.69) is 31.0 Å². The van der Waals surface area contributed by atoms with E-state index in [1.807, 2.05) is 12.1 Å². The number of methoxy groups -OCH3 is 1. The van der Waals surface area contributed by atoms with Crippen LogP contribution in [-0.2, 0) is 11.3 Å². The third-order valence-corrected chi connectivity index (χ3v) is 2.80. The predicted octanol–water partition coefficient (Wildman–Crippen LogP) is 2.84. The van der Waals surface area contributed by atoms with Crippen LogP contribution in [0.1, 0.15) is 16.1 Å². The molecule has 18 heavy (non-hydrogen) atoms. The van der Waals surface area contributed by atoms with Gasteiger partial charge in [0.25, 0.3) is 0 Å². The fourth-order valence-electron chi connectivity index (χ4n) is 1.42. The van der Waals surface area contributed by atoms with Crippen molar-refractivity contribution < 1.29 is 13.9 Å². The molecule has 0 radical (unpaired) electrons. The van der Waals surface area contributed by atoms with Crippen molar-refractivity contribution in [3.63, 3.8) is 0 Å². The highest BCUT2D eigenvalue weighted by Gasteiger charge is 2.15. The van der Waals surface area contributed by atoms with Crippen molar-refractivity contribution in [1.29, 1.82) is 0 Å². The number of rotatable bonds is 4. The first kappa shape index (κ1) is 12.6. The fourth-order valence-corrected chi connectivity index (χ4v) is 1.66. The highest BCUT2D eigenvalue weighted by atomic mass is 79.9. The Morgan fingerprint density at radius 3 is 3.00 bits per heavy atom. The Hall–Kier alpha value is -1.82. The van der Waals surface area contributed by atoms with E-state index in [-0.39, 0.29) is 5.76 Å². The lowest BCUT2D eigenvalue weighted by Gasteiger charge is -2.05. The molecule has 0 unspecified atom stereocenters. The topological polar surface area (TPSA) is 64.4 Å². The largest absolute Gasteiger partial charge is 0.463 e. The fraction of sp³-hybridized carbons (Fsp3) is 0.167. The van der Waals surface area contributed by atoms with Gasteiger partial charge in [-0.2, -0.15) is 0 Å². The van der Waals surface area contributed by atoms with Crippen LogP contribution >= 0.6 is 15.9 Å². The van der Waals surface area contributed by atoms with Crippen LogP contribution < -0.4 is 5.32 Å². The summed E-state index contributed by atoms with van der Waals surface area (Å²) < 4.78 is 10.5. The molecule has 0 spiro atoms. The third-order valence-electron chi connectivity index (χ3n) is 2.33. The van der Waals surface area contributed by atoms with E-state index in [1.165, 1.54) is 13.4 Å². The number of pyridine rings is 1. The highest BCUT2D eigenvalue weighted by Crippen LogP contribution is 2.15. The molecule has 2 aromatic heterocycles. The molecule has 0 fully saturated rings. The Morgan fingerprint density at radius 2 is 2.33 bits per heavy atom. The van der Waals surface area contributed by atoms with Gasteiger partial charge in [-0.1, -0.05) is 0 Å². The zero-order valence-electron chi connectivity index (χ0n) is 9.64. The molecule has 5 nitrogen and oxygen atoms in total. The zero-order chi connectivity index (χ0) is 13.0. The van der Waals surface area contributed by atoms with Crippen molar-refractivity contribution in [2.24, 2.45) is 0 Å². The van der Waals surface area contributed by atoms with Crippen LogP contribution in [-0.4, -0.2) is 18.1 Å². The number of carbonyl (C=O) groups is 1. The van der Waals surface area contributed by atoms with Crippen LogP contribution in [0.5, 0.6) is 0 Å². The van der Waals surface area contributed by atoms with Gasteiger partial charge in [0, 0.05) is 12.1 Å². The van der Waals surface area contributed by atoms with Crippen molar-refractivity contribution in [3.05, 3.63) is 46.6 Å². The molecule has 94 valence electrons. The average molecular weight is 311 g/mol. The minimum atomic E-state index is -0.481. The molecule has 2 aromatic rings. The van der Waals surface area contributed by atoms with Crippen LogP contribution in [0, 0.1) is 0 Å². The number of hydrogen-bond donors (Lipinski definition) is 1. The summed E-state index contributed by atoms with van der Waals surface area (Å²) in [5.41, 5.74) is 1.60. The van der Waals surface area contributed by atoms with Crippen LogP contribution in [0.3, 0.4) is 0 Å². The second-order valence-corrected chi connectivity index (χ2v) is 4.30. The Balaban J connectivity index is 2.04. The molecule has 0 saturated heterocycles. The molecule has 0 aliphatic carbocycles. The van der Waals surface area contributed by atoms with Gasteiger partial charge in [0.15, 0.2) is 0 Å². The van der Waals surface area contributed by atoms with Gasteiger partial charge in [0.05, 0.1) is 25.3 Å². The number of ether oxygens (including phenoxy) is 1. The number of esters is 1. The Labute approximate surface area is 112 Å². The van der Waals surface area contributed by atoms with Crippen LogP contribution in [0.4, 0.5) is 5.69 Å². The van der Waals surface area contributed by atoms with E-state index in [0.29, 0.717) is 6.54 Å². The summed E-state index contributed by atoms with van der Waals surface area (Å²) in [5.74, 6) is -0.263. The maximum Gasteiger partial charge on any atom is 0.374 e. The standard InChI is InChI=1S/C12H11BrN2O3/c1-17-12(16)11-8(4-5-18-11)6-14-9-2-3-10(13)15-7-9/h2-5,7,14H,6H2,1H3. The molecule has 0 aliphatic rings. The molecule has 1 N–H and O–H groups in total. The molecule has 0 atom stereocenters. The number of carbonyl (C=O) groups excluding carboxylic acids is 1. The second kappa shape index (κ2) is 5.68. The summed E-state index contributed by atoms with van der Waals surface area (Å²) in [6.07, 6.45) is 3.16. The molecule has 6 heteroatoms. The van der Waals surface area contributed by atoms with Gasteiger partial charge in [-0.3, -0.25) is 0 Å². The minimum Gasteiger partial charge on any atom is -0.463 e. The van der Waals surface area contributed by atoms with E-state index >= 15 is 0 Å². The van der Waals surface area contributed by atoms with Crippen molar-refractivity contribution >= 4 is 27.6 Å². The monoisotopic (exact) mass is 310 g/mol. The molecule has 0 amide bonds. The van der Waals surface area contributed by atoms with Gasteiger partial charge in [-0.25, -0.2) is 9.78 Å². The molecule has 0 bridgehead atoms. The zero-order valence-corrected chi connectivity index (χ0v) is 11.2. The van der Waals surface area contributed by atoms with Crippen molar-refractivity contribution in [2.45, 2.75) is 6.54 Å². The number of aromatic nitrogens is 1. The second-order valence-electron chi connectivity index (χ2n) is 3.49. The maximum absolute atomic E-state index is 11.4. The SMILES string of the molecule is COC(=O)c1occc1CNc1ccc(Br)nc1. The number of furan rings is 1. The summed E-state index contributed by atoms with van der Waals surface area (Å²) in [6, 6.07) is 5.44. The molecule has 0 aliphatic heterocycles. The van der Waals surface area contributed by atoms with Crippen molar-refractivity contribution in [2.75, 3.05) is 12.4 Å². The molecule has 0 saturated carbocycles. The van der Waals surface area contributed by atoms with E-state index in [4.69, 9.17) is 4.42 Å². The number of nitrogens with one attached hydrogen (secondary N) is 1. The van der Waals surface area contributed by atoms with Gasteiger partial charge in [0.1, 0.15) is 4.60 Å². The summed E-state index contributed by atoms with van der Waals surface area (Å²) in [5, 5.41) is 3.14. The van der Waals surface area contributed by atoms with E-state index in [0.717, 1.165) is 15.9 Å². The molecular weight excluding hydrogens is 300 g/mol. The number of halogens is 1. The molecule has 2 heterocycles. The lowest BCUT2D eigenvalue weighted by atomic mass is 10.2. The van der Waals surface area contributed by atoms with Gasteiger partial charge < -0.3 is 14.5 Å². The van der Waals surface area contributed by atoms with Crippen molar-refractivity contribution in [3.8, 4) is 0 Å². The minimum absolute atomic E-state index is 0.218. The lowest BCUT2D eigenvalue weighted by molar-refractivity contribution is 0.0563. The van der Waals surface area contributed by atoms with E-state index < -0.39 is 5.97 Å². The lowest BCUT2D eigenvalue weighted by Crippen LogP contribution is -2.06. The average Bonchev–Trinajstić information content (AvgIpc) is 2.85. The predicted molar refractivity (Wildman–Crippen MR) is 69.3 cm³/mol. The van der Waals surface area contributed by atoms with E-state index in [9.17, 15) is 4.79 Å². The molecular formula is C12H11BrN2O3. The van der Waals surface area contributed by atoms with Crippen molar-refractivity contribution in [1.82, 2.24) is 4.98 Å². The number of hydrogen-bond acceptors (Lipinski definition) is 5. The Kier molecular flexibility index (Phi) is 3.99. The van der Waals surface area contributed by atoms with Crippen LogP contribution in [0.15, 0.2) is 39.7 Å². The van der Waals surface area contributed by atoms with Gasteiger partial charge in [-0.05, 0) is 34.1 Å². The quantitative estimate of drug-likeness (QED) is 0.695. The smallest absolute Gasteiger partial charge is 0.374 e. The van der Waals surface area contributed by atoms with Gasteiger partial charge in [-0.15, -0.1) is 0 Å². The first-order valence-corrected chi connectivity index (χ1v) is 6.00. The van der Waals surface area contributed by atoms with Crippen LogP contribution in [0.2, 0.25) is 0 Å². The highest BCUT2D eigenvalue weighted by molar-refractivity contribution is 9.10. The third kappa shape index (κ3) is 2.89. The summed E-state index contributed by atoms with van der Waals surface area (Å²) in [6.45, 7) is 0.463. The molecule has 2 rings (SSSR count). The summed E-state index contributed by atoms with van der Waals surface area (Å²) in [7, 11) is 1.32. The summed E-state index contributed by atoms with van der Waals surface area (Å²) in [4.78, 5) is 15.5. The number of anilines is 1. The number of nitrogens with zero attached hydrogens (tertiary/aromatic N) is 1. The first-order valence-electron chi connectivity index (χ1n) is 5.21. The van der Waals surface area contributed by atoms with Gasteiger partial charge >= 0.3 is 5.97 Å². The Bertz CT molecular complexity index is 537. The van der Waals surface area contributed by atoms with Crippen LogP contribution in [0.25, 0.3) is 0 Å². The maximum atomic E-state index is 11.4. The Morgan fingerprint density at radius 1 is 1.50 bits per heavy atom. The summed E-state index contributed by atoms with van der Waals surface area (Å²) >= 11 is 3.26. The van der Waals surface area contributed by atoms with Gasteiger partial charge in [0.2, 0.25) is 5.76 Å². The molecule has 0 aromatic carbocycles. The first-order chi connectivity index (χ1) is 8.70. The van der Waals surface area contributed by atoms with E-state index in [1.54, 1.807) is 12.3 Å².